The Morgan fingerprint density at radius 3 is 1.50 bits per heavy atom. The Balaban J connectivity index is 1.58. The van der Waals surface area contributed by atoms with Crippen molar-refractivity contribution in [3.05, 3.63) is 96.1 Å². The predicted octanol–water partition coefficient (Wildman–Crippen LogP) is 5.73. The number of pyridine rings is 2. The fraction of sp³-hybridized carbons (Fsp3) is 0. The molecule has 2 N–H and O–H groups in total. The quantitative estimate of drug-likeness (QED) is 0.278. The first kappa shape index (κ1) is 18.3. The average molecular weight is 416 g/mol. The van der Waals surface area contributed by atoms with Crippen LogP contribution in [-0.2, 0) is 0 Å². The molecule has 6 aromatic rings. The summed E-state index contributed by atoms with van der Waals surface area (Å²) in [6.07, 6.45) is 0. The standard InChI is InChI=1S/C27H16N2O3/c30-17-9-7-15-11-21-19(3-1-5-23(21)28-25(15)13-17)27(32)20-4-2-6-24-22(20)12-16-8-10-18(31)14-26(16)29-24/h1-14,30-31H. The third-order valence-corrected chi connectivity index (χ3v) is 5.76. The summed E-state index contributed by atoms with van der Waals surface area (Å²) in [4.78, 5) is 23.0. The maximum atomic E-state index is 13.7. The fourth-order valence-electron chi connectivity index (χ4n) is 4.22. The van der Waals surface area contributed by atoms with Crippen molar-refractivity contribution in [1.29, 1.82) is 0 Å². The molecule has 2 heterocycles. The number of hydrogen-bond acceptors (Lipinski definition) is 5. The monoisotopic (exact) mass is 416 g/mol. The van der Waals surface area contributed by atoms with E-state index in [4.69, 9.17) is 0 Å². The zero-order chi connectivity index (χ0) is 21.8. The van der Waals surface area contributed by atoms with Gasteiger partial charge in [-0.15, -0.1) is 0 Å². The molecular formula is C27H16N2O3. The first-order valence-corrected chi connectivity index (χ1v) is 10.2. The highest BCUT2D eigenvalue weighted by Crippen LogP contribution is 2.30. The van der Waals surface area contributed by atoms with Gasteiger partial charge in [0, 0.05) is 44.8 Å². The number of aromatic hydroxyl groups is 2. The van der Waals surface area contributed by atoms with E-state index < -0.39 is 0 Å². The molecule has 0 amide bonds. The van der Waals surface area contributed by atoms with Crippen molar-refractivity contribution in [3.8, 4) is 11.5 Å². The van der Waals surface area contributed by atoms with Crippen molar-refractivity contribution < 1.29 is 15.0 Å². The highest BCUT2D eigenvalue weighted by molar-refractivity contribution is 6.22. The molecule has 0 unspecified atom stereocenters. The molecule has 2 aromatic heterocycles. The second kappa shape index (κ2) is 6.75. The maximum Gasteiger partial charge on any atom is 0.194 e. The van der Waals surface area contributed by atoms with Crippen LogP contribution in [-0.4, -0.2) is 26.0 Å². The summed E-state index contributed by atoms with van der Waals surface area (Å²) in [5.41, 5.74) is 3.84. The number of ketones is 1. The van der Waals surface area contributed by atoms with Crippen molar-refractivity contribution >= 4 is 49.4 Å². The van der Waals surface area contributed by atoms with Gasteiger partial charge in [0.05, 0.1) is 22.1 Å². The lowest BCUT2D eigenvalue weighted by Gasteiger charge is -2.10. The molecule has 5 nitrogen and oxygen atoms in total. The van der Waals surface area contributed by atoms with E-state index in [1.54, 1.807) is 36.4 Å². The molecule has 5 heteroatoms. The maximum absolute atomic E-state index is 13.7. The SMILES string of the molecule is O=C(c1cccc2nc3cc(O)ccc3cc12)c1cccc2nc3cc(O)ccc3cc12. The van der Waals surface area contributed by atoms with Crippen LogP contribution in [0.4, 0.5) is 0 Å². The number of fused-ring (bicyclic) bond motifs is 4. The highest BCUT2D eigenvalue weighted by Gasteiger charge is 2.17. The molecule has 0 spiro atoms. The Morgan fingerprint density at radius 1 is 0.562 bits per heavy atom. The molecule has 0 saturated carbocycles. The smallest absolute Gasteiger partial charge is 0.194 e. The van der Waals surface area contributed by atoms with Gasteiger partial charge in [0.15, 0.2) is 5.78 Å². The van der Waals surface area contributed by atoms with Gasteiger partial charge < -0.3 is 10.2 Å². The lowest BCUT2D eigenvalue weighted by atomic mass is 9.95. The number of carbonyl (C=O) groups is 1. The molecule has 0 aliphatic carbocycles. The first-order chi connectivity index (χ1) is 15.6. The van der Waals surface area contributed by atoms with Crippen LogP contribution < -0.4 is 0 Å². The van der Waals surface area contributed by atoms with Gasteiger partial charge in [-0.2, -0.15) is 0 Å². The van der Waals surface area contributed by atoms with Crippen LogP contribution in [0, 0.1) is 0 Å². The van der Waals surface area contributed by atoms with Gasteiger partial charge in [-0.1, -0.05) is 24.3 Å². The Hall–Kier alpha value is -4.51. The zero-order valence-electron chi connectivity index (χ0n) is 16.8. The number of benzene rings is 4. The molecule has 0 aliphatic rings. The minimum absolute atomic E-state index is 0.110. The Labute approximate surface area is 182 Å². The third kappa shape index (κ3) is 2.83. The minimum Gasteiger partial charge on any atom is -0.508 e. The summed E-state index contributed by atoms with van der Waals surface area (Å²) in [6, 6.07) is 24.9. The summed E-state index contributed by atoms with van der Waals surface area (Å²) in [6.45, 7) is 0. The summed E-state index contributed by atoms with van der Waals surface area (Å²) in [7, 11) is 0. The van der Waals surface area contributed by atoms with Crippen molar-refractivity contribution in [3.63, 3.8) is 0 Å². The van der Waals surface area contributed by atoms with Gasteiger partial charge in [-0.3, -0.25) is 4.79 Å². The van der Waals surface area contributed by atoms with Gasteiger partial charge in [-0.05, 0) is 48.5 Å². The molecule has 0 atom stereocenters. The molecule has 32 heavy (non-hydrogen) atoms. The topological polar surface area (TPSA) is 83.3 Å². The molecule has 0 aliphatic heterocycles. The summed E-state index contributed by atoms with van der Waals surface area (Å²) < 4.78 is 0. The van der Waals surface area contributed by atoms with E-state index in [2.05, 4.69) is 9.97 Å². The second-order valence-electron chi connectivity index (χ2n) is 7.80. The number of nitrogens with zero attached hydrogens (tertiary/aromatic N) is 2. The zero-order valence-corrected chi connectivity index (χ0v) is 16.8. The van der Waals surface area contributed by atoms with E-state index in [-0.39, 0.29) is 17.3 Å². The number of phenols is 2. The molecule has 0 fully saturated rings. The minimum atomic E-state index is -0.110. The highest BCUT2D eigenvalue weighted by atomic mass is 16.3. The molecule has 0 radical (unpaired) electrons. The number of hydrogen-bond donors (Lipinski definition) is 2. The Bertz CT molecular complexity index is 1600. The number of aromatic nitrogens is 2. The van der Waals surface area contributed by atoms with Crippen molar-refractivity contribution in [1.82, 2.24) is 9.97 Å². The molecule has 6 rings (SSSR count). The lowest BCUT2D eigenvalue weighted by molar-refractivity contribution is 0.104. The van der Waals surface area contributed by atoms with Gasteiger partial charge in [0.2, 0.25) is 0 Å². The van der Waals surface area contributed by atoms with Crippen LogP contribution in [0.5, 0.6) is 11.5 Å². The van der Waals surface area contributed by atoms with Gasteiger partial charge >= 0.3 is 0 Å². The van der Waals surface area contributed by atoms with Crippen LogP contribution in [0.25, 0.3) is 43.6 Å². The van der Waals surface area contributed by atoms with Crippen LogP contribution >= 0.6 is 0 Å². The summed E-state index contributed by atoms with van der Waals surface area (Å²) in [5.74, 6) is 0.196. The number of carbonyl (C=O) groups excluding carboxylic acids is 1. The molecule has 152 valence electrons. The van der Waals surface area contributed by atoms with Crippen LogP contribution in [0.1, 0.15) is 15.9 Å². The summed E-state index contributed by atoms with van der Waals surface area (Å²) in [5, 5.41) is 22.7. The third-order valence-electron chi connectivity index (χ3n) is 5.76. The van der Waals surface area contributed by atoms with Crippen molar-refractivity contribution in [2.75, 3.05) is 0 Å². The number of rotatable bonds is 2. The normalized spacial score (nSPS) is 11.5. The van der Waals surface area contributed by atoms with E-state index >= 15 is 0 Å². The van der Waals surface area contributed by atoms with Crippen LogP contribution in [0.2, 0.25) is 0 Å². The lowest BCUT2D eigenvalue weighted by Crippen LogP contribution is -2.04. The average Bonchev–Trinajstić information content (AvgIpc) is 2.80. The first-order valence-electron chi connectivity index (χ1n) is 10.2. The predicted molar refractivity (Wildman–Crippen MR) is 125 cm³/mol. The van der Waals surface area contributed by atoms with E-state index in [1.807, 2.05) is 48.5 Å². The Kier molecular flexibility index (Phi) is 3.86. The summed E-state index contributed by atoms with van der Waals surface area (Å²) >= 11 is 0. The molecule has 4 aromatic carbocycles. The Morgan fingerprint density at radius 2 is 1.03 bits per heavy atom. The number of phenolic OH excluding ortho intramolecular Hbond substituents is 2. The van der Waals surface area contributed by atoms with Crippen LogP contribution in [0.3, 0.4) is 0 Å². The van der Waals surface area contributed by atoms with Crippen molar-refractivity contribution in [2.24, 2.45) is 0 Å². The van der Waals surface area contributed by atoms with Gasteiger partial charge in [-0.25, -0.2) is 9.97 Å². The van der Waals surface area contributed by atoms with Gasteiger partial charge in [0.25, 0.3) is 0 Å². The second-order valence-corrected chi connectivity index (χ2v) is 7.80. The molecule has 0 saturated heterocycles. The largest absolute Gasteiger partial charge is 0.508 e. The van der Waals surface area contributed by atoms with E-state index in [0.717, 1.165) is 21.5 Å². The molecule has 0 bridgehead atoms. The van der Waals surface area contributed by atoms with E-state index in [9.17, 15) is 15.0 Å². The van der Waals surface area contributed by atoms with Crippen LogP contribution in [0.15, 0.2) is 84.9 Å². The van der Waals surface area contributed by atoms with Crippen molar-refractivity contribution in [2.45, 2.75) is 0 Å². The fourth-order valence-corrected chi connectivity index (χ4v) is 4.22. The molecular weight excluding hydrogens is 400 g/mol. The van der Waals surface area contributed by atoms with E-state index in [1.165, 1.54) is 0 Å². The van der Waals surface area contributed by atoms with E-state index in [0.29, 0.717) is 33.2 Å². The van der Waals surface area contributed by atoms with Gasteiger partial charge in [0.1, 0.15) is 11.5 Å².